The van der Waals surface area contributed by atoms with Gasteiger partial charge in [-0.3, -0.25) is 9.59 Å². The molecule has 1 saturated heterocycles. The van der Waals surface area contributed by atoms with Crippen molar-refractivity contribution in [2.24, 2.45) is 17.3 Å². The van der Waals surface area contributed by atoms with E-state index in [1.807, 2.05) is 20.8 Å². The molecule has 1 aliphatic carbocycles. The third-order valence-electron chi connectivity index (χ3n) is 6.33. The Kier molecular flexibility index (Phi) is 7.34. The smallest absolute Gasteiger partial charge is 0.348 e. The second-order valence-electron chi connectivity index (χ2n) is 10.3. The number of aromatic carboxylic acids is 1. The van der Waals surface area contributed by atoms with Crippen LogP contribution in [0.25, 0.3) is 0 Å². The Labute approximate surface area is 195 Å². The number of anilines is 1. The van der Waals surface area contributed by atoms with Crippen LogP contribution in [-0.4, -0.2) is 47.4 Å². The first-order valence-electron chi connectivity index (χ1n) is 11.4. The minimum Gasteiger partial charge on any atom is -0.477 e. The molecule has 6 nitrogen and oxygen atoms in total. The third kappa shape index (κ3) is 5.72. The van der Waals surface area contributed by atoms with E-state index in [1.165, 1.54) is 0 Å². The van der Waals surface area contributed by atoms with Crippen LogP contribution in [0.5, 0.6) is 0 Å². The largest absolute Gasteiger partial charge is 0.477 e. The lowest BCUT2D eigenvalue weighted by atomic mass is 9.82. The lowest BCUT2D eigenvalue weighted by Crippen LogP contribution is -2.51. The Morgan fingerprint density at radius 3 is 2.41 bits per heavy atom. The van der Waals surface area contributed by atoms with Crippen LogP contribution in [0.15, 0.2) is 6.07 Å². The normalized spacial score (nSPS) is 24.0. The van der Waals surface area contributed by atoms with E-state index in [0.29, 0.717) is 29.4 Å². The highest BCUT2D eigenvalue weighted by molar-refractivity contribution is 7.15. The highest BCUT2D eigenvalue weighted by Gasteiger charge is 2.38. The standard InChI is InChI=1S/C25H34N2O4S/c1-16-6-8-17(9-7-16)23(29)27(18-11-13-26(5)21(28)14-18)20-15-19(10-12-25(2,3)4)32-22(20)24(30)31/h15-18H,6-9,11,13-14H2,1-5H3,(H,30,31). The lowest BCUT2D eigenvalue weighted by Gasteiger charge is -2.39. The van der Waals surface area contributed by atoms with E-state index < -0.39 is 5.97 Å². The molecule has 1 aromatic heterocycles. The van der Waals surface area contributed by atoms with Crippen LogP contribution in [0.1, 0.15) is 80.8 Å². The van der Waals surface area contributed by atoms with Crippen LogP contribution < -0.4 is 4.90 Å². The van der Waals surface area contributed by atoms with Gasteiger partial charge in [0.05, 0.1) is 10.6 Å². The molecule has 2 heterocycles. The van der Waals surface area contributed by atoms with Crippen molar-refractivity contribution in [2.75, 3.05) is 18.5 Å². The molecule has 0 bridgehead atoms. The molecule has 1 saturated carbocycles. The maximum absolute atomic E-state index is 13.8. The first-order valence-corrected chi connectivity index (χ1v) is 12.2. The van der Waals surface area contributed by atoms with Gasteiger partial charge in [-0.15, -0.1) is 11.3 Å². The van der Waals surface area contributed by atoms with Crippen molar-refractivity contribution in [3.63, 3.8) is 0 Å². The molecule has 0 aromatic carbocycles. The number of likely N-dealkylation sites (tertiary alicyclic amines) is 1. The quantitative estimate of drug-likeness (QED) is 0.668. The molecule has 3 rings (SSSR count). The molecule has 1 N–H and O–H groups in total. The number of amides is 2. The number of nitrogens with zero attached hydrogens (tertiary/aromatic N) is 2. The van der Waals surface area contributed by atoms with Crippen LogP contribution in [0.3, 0.4) is 0 Å². The molecular weight excluding hydrogens is 424 g/mol. The third-order valence-corrected chi connectivity index (χ3v) is 7.36. The molecule has 2 fully saturated rings. The number of carboxylic acid groups (broad SMARTS) is 1. The van der Waals surface area contributed by atoms with Crippen LogP contribution in [0.4, 0.5) is 5.69 Å². The van der Waals surface area contributed by atoms with Gasteiger partial charge in [-0.25, -0.2) is 4.79 Å². The van der Waals surface area contributed by atoms with Crippen LogP contribution in [0.2, 0.25) is 0 Å². The minimum atomic E-state index is -1.07. The molecule has 0 radical (unpaired) electrons. The molecule has 0 spiro atoms. The number of hydrogen-bond donors (Lipinski definition) is 1. The molecule has 7 heteroatoms. The van der Waals surface area contributed by atoms with E-state index in [4.69, 9.17) is 0 Å². The predicted octanol–water partition coefficient (Wildman–Crippen LogP) is 4.62. The number of rotatable bonds is 4. The zero-order chi connectivity index (χ0) is 23.6. The lowest BCUT2D eigenvalue weighted by molar-refractivity contribution is -0.132. The summed E-state index contributed by atoms with van der Waals surface area (Å²) in [6.07, 6.45) is 4.45. The molecule has 1 aromatic rings. The maximum atomic E-state index is 13.8. The van der Waals surface area contributed by atoms with Gasteiger partial charge in [0, 0.05) is 37.4 Å². The molecule has 2 aliphatic rings. The van der Waals surface area contributed by atoms with Gasteiger partial charge in [-0.1, -0.05) is 18.8 Å². The van der Waals surface area contributed by atoms with Crippen LogP contribution in [0, 0.1) is 29.1 Å². The van der Waals surface area contributed by atoms with Crippen LogP contribution >= 0.6 is 11.3 Å². The van der Waals surface area contributed by atoms with Gasteiger partial charge >= 0.3 is 5.97 Å². The minimum absolute atomic E-state index is 0.0174. The van der Waals surface area contributed by atoms with E-state index in [2.05, 4.69) is 18.8 Å². The van der Waals surface area contributed by atoms with Crippen molar-refractivity contribution in [1.82, 2.24) is 4.90 Å². The van der Waals surface area contributed by atoms with Crippen molar-refractivity contribution in [3.05, 3.63) is 15.8 Å². The number of thiophene rings is 1. The highest BCUT2D eigenvalue weighted by Crippen LogP contribution is 2.38. The fraction of sp³-hybridized carbons (Fsp3) is 0.640. The molecule has 1 atom stereocenters. The average molecular weight is 459 g/mol. The van der Waals surface area contributed by atoms with Gasteiger partial charge < -0.3 is 14.9 Å². The van der Waals surface area contributed by atoms with Gasteiger partial charge in [0.2, 0.25) is 11.8 Å². The van der Waals surface area contributed by atoms with E-state index in [1.54, 1.807) is 22.9 Å². The van der Waals surface area contributed by atoms with Gasteiger partial charge in [0.25, 0.3) is 0 Å². The molecular formula is C25H34N2O4S. The van der Waals surface area contributed by atoms with E-state index >= 15 is 0 Å². The summed E-state index contributed by atoms with van der Waals surface area (Å²) >= 11 is 1.10. The summed E-state index contributed by atoms with van der Waals surface area (Å²) in [5.41, 5.74) is 0.175. The first kappa shape index (κ1) is 24.3. The van der Waals surface area contributed by atoms with Gasteiger partial charge in [0.1, 0.15) is 4.88 Å². The van der Waals surface area contributed by atoms with Crippen molar-refractivity contribution in [2.45, 2.75) is 72.3 Å². The van der Waals surface area contributed by atoms with E-state index in [9.17, 15) is 19.5 Å². The predicted molar refractivity (Wildman–Crippen MR) is 127 cm³/mol. The molecule has 2 amide bonds. The van der Waals surface area contributed by atoms with Gasteiger partial charge in [-0.2, -0.15) is 0 Å². The van der Waals surface area contributed by atoms with Crippen molar-refractivity contribution >= 4 is 34.8 Å². The first-order chi connectivity index (χ1) is 15.0. The highest BCUT2D eigenvalue weighted by atomic mass is 32.1. The Morgan fingerprint density at radius 2 is 1.84 bits per heavy atom. The monoisotopic (exact) mass is 458 g/mol. The summed E-state index contributed by atoms with van der Waals surface area (Å²) in [5.74, 6) is 5.58. The van der Waals surface area contributed by atoms with Crippen molar-refractivity contribution in [3.8, 4) is 11.8 Å². The number of carbonyl (C=O) groups is 3. The molecule has 1 aliphatic heterocycles. The zero-order valence-corrected chi connectivity index (χ0v) is 20.6. The number of hydrogen-bond acceptors (Lipinski definition) is 4. The fourth-order valence-corrected chi connectivity index (χ4v) is 5.21. The Morgan fingerprint density at radius 1 is 1.19 bits per heavy atom. The summed E-state index contributed by atoms with van der Waals surface area (Å²) in [6.45, 7) is 8.75. The zero-order valence-electron chi connectivity index (χ0n) is 19.7. The summed E-state index contributed by atoms with van der Waals surface area (Å²) < 4.78 is 0. The van der Waals surface area contributed by atoms with E-state index in [0.717, 1.165) is 37.0 Å². The summed E-state index contributed by atoms with van der Waals surface area (Å²) in [6, 6.07) is 1.40. The molecule has 1 unspecified atom stereocenters. The van der Waals surface area contributed by atoms with Crippen molar-refractivity contribution in [1.29, 1.82) is 0 Å². The van der Waals surface area contributed by atoms with E-state index in [-0.39, 0.29) is 40.5 Å². The maximum Gasteiger partial charge on any atom is 0.348 e. The molecule has 32 heavy (non-hydrogen) atoms. The average Bonchev–Trinajstić information content (AvgIpc) is 3.13. The second kappa shape index (κ2) is 9.66. The number of carbonyl (C=O) groups excluding carboxylic acids is 2. The summed E-state index contributed by atoms with van der Waals surface area (Å²) in [5, 5.41) is 9.92. The van der Waals surface area contributed by atoms with Gasteiger partial charge in [0.15, 0.2) is 0 Å². The Hall–Kier alpha value is -2.33. The van der Waals surface area contributed by atoms with Crippen molar-refractivity contribution < 1.29 is 19.5 Å². The SMILES string of the molecule is CC1CCC(C(=O)N(c2cc(C#CC(C)(C)C)sc2C(=O)O)C2CCN(C)C(=O)C2)CC1. The number of carboxylic acids is 1. The number of piperidine rings is 1. The summed E-state index contributed by atoms with van der Waals surface area (Å²) in [4.78, 5) is 42.4. The van der Waals surface area contributed by atoms with Gasteiger partial charge in [-0.05, 0) is 64.9 Å². The fourth-order valence-electron chi connectivity index (χ4n) is 4.37. The Balaban J connectivity index is 2.03. The topological polar surface area (TPSA) is 77.9 Å². The van der Waals surface area contributed by atoms with Crippen LogP contribution in [-0.2, 0) is 9.59 Å². The molecule has 174 valence electrons. The summed E-state index contributed by atoms with van der Waals surface area (Å²) in [7, 11) is 1.76. The second-order valence-corrected chi connectivity index (χ2v) is 11.3. The Bertz CT molecular complexity index is 941.